The number of aliphatic hydroxyl groups is 1. The van der Waals surface area contributed by atoms with E-state index in [9.17, 15) is 27.1 Å². The van der Waals surface area contributed by atoms with Gasteiger partial charge in [0.15, 0.2) is 10.6 Å². The van der Waals surface area contributed by atoms with Crippen molar-refractivity contribution in [1.29, 1.82) is 0 Å². The van der Waals surface area contributed by atoms with E-state index in [1.165, 1.54) is 12.1 Å². The van der Waals surface area contributed by atoms with Gasteiger partial charge in [-0.25, -0.2) is 18.5 Å². The standard InChI is InChI=1S/C25H31F2N3O5S/c1-16-6-7-19(18-8-10-25(26,27)11-9-18)20(14-16)35-24(12-13-24)23(32)30-36(33,34)22-5-3-4-21(29-22)28-17(2)15-31/h3-7,14,17-18,31H,8-13,15H2,1-2H3,(H,28,29)(H,30,32)/t17-/m1/s1. The maximum absolute atomic E-state index is 13.7. The molecule has 1 amide bonds. The zero-order chi connectivity index (χ0) is 26.1. The Kier molecular flexibility index (Phi) is 7.25. The van der Waals surface area contributed by atoms with Gasteiger partial charge in [-0.2, -0.15) is 8.42 Å². The molecule has 196 valence electrons. The lowest BCUT2D eigenvalue weighted by molar-refractivity contribution is -0.128. The van der Waals surface area contributed by atoms with Gasteiger partial charge in [0.25, 0.3) is 15.9 Å². The summed E-state index contributed by atoms with van der Waals surface area (Å²) in [7, 11) is -4.29. The highest BCUT2D eigenvalue weighted by atomic mass is 32.2. The molecule has 1 aromatic carbocycles. The number of carbonyl (C=O) groups excluding carboxylic acids is 1. The van der Waals surface area contributed by atoms with Gasteiger partial charge >= 0.3 is 0 Å². The number of hydrogen-bond donors (Lipinski definition) is 3. The first-order valence-corrected chi connectivity index (χ1v) is 13.5. The van der Waals surface area contributed by atoms with Crippen molar-refractivity contribution in [3.8, 4) is 5.75 Å². The number of nitrogens with zero attached hydrogens (tertiary/aromatic N) is 1. The fraction of sp³-hybridized carbons (Fsp3) is 0.520. The summed E-state index contributed by atoms with van der Waals surface area (Å²) in [5, 5.41) is 11.7. The summed E-state index contributed by atoms with van der Waals surface area (Å²) in [6.07, 6.45) is 0.872. The first kappa shape index (κ1) is 26.3. The number of pyridine rings is 1. The van der Waals surface area contributed by atoms with Crippen molar-refractivity contribution in [2.75, 3.05) is 11.9 Å². The maximum Gasteiger partial charge on any atom is 0.281 e. The number of anilines is 1. The first-order valence-electron chi connectivity index (χ1n) is 12.0. The van der Waals surface area contributed by atoms with Crippen LogP contribution in [0.3, 0.4) is 0 Å². The second-order valence-corrected chi connectivity index (χ2v) is 11.4. The number of hydrogen-bond acceptors (Lipinski definition) is 7. The molecule has 0 spiro atoms. The van der Waals surface area contributed by atoms with E-state index in [-0.39, 0.29) is 42.3 Å². The summed E-state index contributed by atoms with van der Waals surface area (Å²) in [5.74, 6) is -2.91. The molecule has 4 rings (SSSR count). The summed E-state index contributed by atoms with van der Waals surface area (Å²) < 4.78 is 61.4. The van der Waals surface area contributed by atoms with Gasteiger partial charge in [0.1, 0.15) is 11.6 Å². The fourth-order valence-electron chi connectivity index (χ4n) is 4.33. The number of benzene rings is 1. The Bertz CT molecular complexity index is 1220. The SMILES string of the molecule is Cc1ccc(C2CCC(F)(F)CC2)c(OC2(C(=O)NS(=O)(=O)c3cccc(N[C@H](C)CO)n3)CC2)c1. The van der Waals surface area contributed by atoms with E-state index in [0.717, 1.165) is 11.1 Å². The van der Waals surface area contributed by atoms with Gasteiger partial charge in [0.2, 0.25) is 5.92 Å². The van der Waals surface area contributed by atoms with Crippen LogP contribution in [-0.2, 0) is 14.8 Å². The van der Waals surface area contributed by atoms with Crippen LogP contribution in [0.2, 0.25) is 0 Å². The number of ether oxygens (including phenoxy) is 1. The largest absolute Gasteiger partial charge is 0.477 e. The average Bonchev–Trinajstić information content (AvgIpc) is 3.60. The Morgan fingerprint density at radius 3 is 2.53 bits per heavy atom. The number of aryl methyl sites for hydroxylation is 1. The average molecular weight is 524 g/mol. The van der Waals surface area contributed by atoms with Gasteiger partial charge in [-0.15, -0.1) is 0 Å². The monoisotopic (exact) mass is 523 g/mol. The molecule has 0 radical (unpaired) electrons. The Labute approximate surface area is 209 Å². The number of sulfonamides is 1. The molecule has 1 atom stereocenters. The molecule has 2 aliphatic rings. The van der Waals surface area contributed by atoms with E-state index >= 15 is 0 Å². The van der Waals surface area contributed by atoms with E-state index in [2.05, 4.69) is 15.0 Å². The molecule has 2 aromatic rings. The van der Waals surface area contributed by atoms with Crippen LogP contribution in [0.1, 0.15) is 62.5 Å². The van der Waals surface area contributed by atoms with Crippen molar-refractivity contribution in [1.82, 2.24) is 9.71 Å². The van der Waals surface area contributed by atoms with Crippen molar-refractivity contribution in [3.05, 3.63) is 47.5 Å². The molecule has 11 heteroatoms. The molecule has 0 aliphatic heterocycles. The Morgan fingerprint density at radius 1 is 1.19 bits per heavy atom. The first-order chi connectivity index (χ1) is 16.9. The number of halogens is 2. The van der Waals surface area contributed by atoms with Crippen molar-refractivity contribution in [2.45, 2.75) is 80.9 Å². The quantitative estimate of drug-likeness (QED) is 0.456. The Hall–Kier alpha value is -2.79. The van der Waals surface area contributed by atoms with Gasteiger partial charge in [0, 0.05) is 31.7 Å². The van der Waals surface area contributed by atoms with E-state index < -0.39 is 27.5 Å². The highest BCUT2D eigenvalue weighted by Gasteiger charge is 2.54. The van der Waals surface area contributed by atoms with Crippen LogP contribution in [0.15, 0.2) is 41.4 Å². The van der Waals surface area contributed by atoms with Gasteiger partial charge in [-0.1, -0.05) is 18.2 Å². The Morgan fingerprint density at radius 2 is 1.89 bits per heavy atom. The molecule has 2 aliphatic carbocycles. The molecule has 3 N–H and O–H groups in total. The van der Waals surface area contributed by atoms with Crippen LogP contribution in [0.25, 0.3) is 0 Å². The topological polar surface area (TPSA) is 118 Å². The molecule has 0 saturated heterocycles. The summed E-state index contributed by atoms with van der Waals surface area (Å²) in [6, 6.07) is 9.45. The number of carbonyl (C=O) groups is 1. The minimum absolute atomic E-state index is 0.122. The number of nitrogens with one attached hydrogen (secondary N) is 2. The van der Waals surface area contributed by atoms with Crippen LogP contribution in [0.5, 0.6) is 5.75 Å². The summed E-state index contributed by atoms with van der Waals surface area (Å²) in [4.78, 5) is 17.1. The minimum atomic E-state index is -4.29. The van der Waals surface area contributed by atoms with E-state index in [4.69, 9.17) is 4.74 Å². The molecule has 36 heavy (non-hydrogen) atoms. The van der Waals surface area contributed by atoms with Crippen LogP contribution in [-0.4, -0.2) is 48.6 Å². The maximum atomic E-state index is 13.7. The second kappa shape index (κ2) is 9.93. The second-order valence-electron chi connectivity index (χ2n) is 9.79. The van der Waals surface area contributed by atoms with Crippen molar-refractivity contribution < 1.29 is 31.8 Å². The molecule has 8 nitrogen and oxygen atoms in total. The third kappa shape index (κ3) is 5.95. The summed E-state index contributed by atoms with van der Waals surface area (Å²) >= 11 is 0. The summed E-state index contributed by atoms with van der Waals surface area (Å²) in [5.41, 5.74) is 0.288. The van der Waals surface area contributed by atoms with Gasteiger partial charge in [-0.3, -0.25) is 4.79 Å². The van der Waals surface area contributed by atoms with Crippen LogP contribution >= 0.6 is 0 Å². The molecule has 1 aromatic heterocycles. The fourth-order valence-corrected chi connectivity index (χ4v) is 5.34. The van der Waals surface area contributed by atoms with Crippen LogP contribution in [0.4, 0.5) is 14.6 Å². The lowest BCUT2D eigenvalue weighted by atomic mass is 9.81. The van der Waals surface area contributed by atoms with Crippen molar-refractivity contribution >= 4 is 21.7 Å². The van der Waals surface area contributed by atoms with Crippen molar-refractivity contribution in [2.24, 2.45) is 0 Å². The number of aliphatic hydroxyl groups excluding tert-OH is 1. The smallest absolute Gasteiger partial charge is 0.281 e. The third-order valence-electron chi connectivity index (χ3n) is 6.64. The predicted octanol–water partition coefficient (Wildman–Crippen LogP) is 3.89. The molecular formula is C25H31F2N3O5S. The van der Waals surface area contributed by atoms with Gasteiger partial charge < -0.3 is 15.2 Å². The molecule has 1 heterocycles. The lowest BCUT2D eigenvalue weighted by Gasteiger charge is -2.30. The number of alkyl halides is 2. The van der Waals surface area contributed by atoms with E-state index in [1.54, 1.807) is 19.1 Å². The minimum Gasteiger partial charge on any atom is -0.477 e. The summed E-state index contributed by atoms with van der Waals surface area (Å²) in [6.45, 7) is 3.40. The zero-order valence-electron chi connectivity index (χ0n) is 20.3. The normalized spacial score (nSPS) is 19.8. The number of rotatable bonds is 9. The molecule has 2 saturated carbocycles. The molecule has 0 bridgehead atoms. The Balaban J connectivity index is 1.50. The van der Waals surface area contributed by atoms with Crippen molar-refractivity contribution in [3.63, 3.8) is 0 Å². The zero-order valence-corrected chi connectivity index (χ0v) is 21.1. The number of amides is 1. The number of aromatic nitrogens is 1. The molecule has 2 fully saturated rings. The highest BCUT2D eigenvalue weighted by molar-refractivity contribution is 7.90. The van der Waals surface area contributed by atoms with E-state index in [1.807, 2.05) is 19.1 Å². The highest BCUT2D eigenvalue weighted by Crippen LogP contribution is 2.47. The lowest BCUT2D eigenvalue weighted by Crippen LogP contribution is -2.43. The third-order valence-corrected chi connectivity index (χ3v) is 7.88. The van der Waals surface area contributed by atoms with Crippen LogP contribution in [0, 0.1) is 6.92 Å². The predicted molar refractivity (Wildman–Crippen MR) is 130 cm³/mol. The van der Waals surface area contributed by atoms with Crippen LogP contribution < -0.4 is 14.8 Å². The molecule has 0 unspecified atom stereocenters. The van der Waals surface area contributed by atoms with Gasteiger partial charge in [0.05, 0.1) is 6.61 Å². The van der Waals surface area contributed by atoms with E-state index in [0.29, 0.717) is 31.4 Å². The van der Waals surface area contributed by atoms with Gasteiger partial charge in [-0.05, 0) is 61.9 Å². The molecular weight excluding hydrogens is 492 g/mol.